The molecule has 0 unspecified atom stereocenters. The Kier molecular flexibility index (Phi) is 4.14. The summed E-state index contributed by atoms with van der Waals surface area (Å²) in [5, 5.41) is 3.96. The minimum absolute atomic E-state index is 0.128. The molecule has 6 heteroatoms. The average Bonchev–Trinajstić information content (AvgIpc) is 2.92. The summed E-state index contributed by atoms with van der Waals surface area (Å²) in [5.41, 5.74) is 5.78. The van der Waals surface area contributed by atoms with Crippen LogP contribution in [0.4, 0.5) is 0 Å². The van der Waals surface area contributed by atoms with Crippen molar-refractivity contribution < 1.29 is 4.79 Å². The fourth-order valence-electron chi connectivity index (χ4n) is 2.28. The smallest absolute Gasteiger partial charge is 0.260 e. The van der Waals surface area contributed by atoms with Crippen molar-refractivity contribution in [3.05, 3.63) is 48.7 Å². The molecule has 0 saturated carbocycles. The van der Waals surface area contributed by atoms with Crippen LogP contribution in [0.5, 0.6) is 0 Å². The minimum atomic E-state index is -0.202. The van der Waals surface area contributed by atoms with Crippen molar-refractivity contribution in [2.45, 2.75) is 20.4 Å². The van der Waals surface area contributed by atoms with Crippen LogP contribution >= 0.6 is 0 Å². The standard InChI is InChI=1S/C17H17N5O/c1-12(2)20-21-16(23)11-22-15-9-4-3-7-13(15)19-17(22)14-8-5-6-10-18-14/h3-10H,11H2,1-2H3,(H,21,23). The number of carbonyl (C=O) groups is 1. The molecule has 0 bridgehead atoms. The lowest BCUT2D eigenvalue weighted by molar-refractivity contribution is -0.121. The van der Waals surface area contributed by atoms with E-state index in [1.165, 1.54) is 0 Å². The SMILES string of the molecule is CC(C)=NNC(=O)Cn1c(-c2ccccn2)nc2ccccc21. The number of hydrazone groups is 1. The summed E-state index contributed by atoms with van der Waals surface area (Å²) in [5.74, 6) is 0.464. The molecule has 0 spiro atoms. The molecule has 1 amide bonds. The van der Waals surface area contributed by atoms with E-state index in [-0.39, 0.29) is 12.5 Å². The summed E-state index contributed by atoms with van der Waals surface area (Å²) < 4.78 is 1.85. The normalized spacial score (nSPS) is 10.5. The number of aromatic nitrogens is 3. The van der Waals surface area contributed by atoms with Gasteiger partial charge in [-0.25, -0.2) is 10.4 Å². The number of nitrogens with zero attached hydrogens (tertiary/aromatic N) is 4. The Hall–Kier alpha value is -3.02. The zero-order chi connectivity index (χ0) is 16.2. The van der Waals surface area contributed by atoms with Crippen LogP contribution in [0.3, 0.4) is 0 Å². The molecule has 1 N–H and O–H groups in total. The molecule has 0 aliphatic carbocycles. The maximum Gasteiger partial charge on any atom is 0.260 e. The Labute approximate surface area is 133 Å². The van der Waals surface area contributed by atoms with Crippen LogP contribution in [0.15, 0.2) is 53.8 Å². The van der Waals surface area contributed by atoms with Crippen LogP contribution in [0, 0.1) is 0 Å². The lowest BCUT2D eigenvalue weighted by atomic mass is 10.3. The highest BCUT2D eigenvalue weighted by Gasteiger charge is 2.15. The molecule has 3 aromatic rings. The fourth-order valence-corrected chi connectivity index (χ4v) is 2.28. The number of rotatable bonds is 4. The van der Waals surface area contributed by atoms with Gasteiger partial charge in [-0.15, -0.1) is 0 Å². The van der Waals surface area contributed by atoms with Gasteiger partial charge in [-0.2, -0.15) is 5.10 Å². The third-order valence-corrected chi connectivity index (χ3v) is 3.25. The number of fused-ring (bicyclic) bond motifs is 1. The third kappa shape index (κ3) is 3.26. The Balaban J connectivity index is 2.03. The van der Waals surface area contributed by atoms with Gasteiger partial charge < -0.3 is 4.57 Å². The molecule has 2 aromatic heterocycles. The molecule has 3 rings (SSSR count). The van der Waals surface area contributed by atoms with Gasteiger partial charge in [0.1, 0.15) is 12.2 Å². The zero-order valence-electron chi connectivity index (χ0n) is 13.0. The highest BCUT2D eigenvalue weighted by atomic mass is 16.2. The van der Waals surface area contributed by atoms with E-state index in [4.69, 9.17) is 0 Å². The van der Waals surface area contributed by atoms with Crippen LogP contribution in [-0.4, -0.2) is 26.2 Å². The predicted octanol–water partition coefficient (Wildman–Crippen LogP) is 2.61. The highest BCUT2D eigenvalue weighted by Crippen LogP contribution is 2.23. The van der Waals surface area contributed by atoms with Crippen molar-refractivity contribution in [1.82, 2.24) is 20.0 Å². The van der Waals surface area contributed by atoms with E-state index in [9.17, 15) is 4.79 Å². The molecule has 0 fully saturated rings. The van der Waals surface area contributed by atoms with E-state index in [1.54, 1.807) is 6.20 Å². The molecule has 0 aliphatic heterocycles. The van der Waals surface area contributed by atoms with Crippen LogP contribution in [0.25, 0.3) is 22.6 Å². The van der Waals surface area contributed by atoms with Crippen LogP contribution in [-0.2, 0) is 11.3 Å². The first-order valence-electron chi connectivity index (χ1n) is 7.31. The Morgan fingerprint density at radius 3 is 2.70 bits per heavy atom. The van der Waals surface area contributed by atoms with Gasteiger partial charge in [-0.05, 0) is 38.1 Å². The van der Waals surface area contributed by atoms with Crippen molar-refractivity contribution in [2.24, 2.45) is 5.10 Å². The van der Waals surface area contributed by atoms with Crippen LogP contribution < -0.4 is 5.43 Å². The van der Waals surface area contributed by atoms with Crippen LogP contribution in [0.2, 0.25) is 0 Å². The second-order valence-corrected chi connectivity index (χ2v) is 5.32. The molecule has 0 atom stereocenters. The molecule has 1 aromatic carbocycles. The molecule has 0 saturated heterocycles. The predicted molar refractivity (Wildman–Crippen MR) is 89.9 cm³/mol. The second-order valence-electron chi connectivity index (χ2n) is 5.32. The van der Waals surface area contributed by atoms with Gasteiger partial charge in [-0.1, -0.05) is 18.2 Å². The minimum Gasteiger partial charge on any atom is -0.313 e. The number of pyridine rings is 1. The number of hydrogen-bond acceptors (Lipinski definition) is 4. The molecular weight excluding hydrogens is 290 g/mol. The number of para-hydroxylation sites is 2. The zero-order valence-corrected chi connectivity index (χ0v) is 13.0. The van der Waals surface area contributed by atoms with Crippen molar-refractivity contribution in [2.75, 3.05) is 0 Å². The number of hydrogen-bond donors (Lipinski definition) is 1. The highest BCUT2D eigenvalue weighted by molar-refractivity contribution is 5.85. The van der Waals surface area contributed by atoms with Crippen molar-refractivity contribution in [3.8, 4) is 11.5 Å². The molecule has 116 valence electrons. The summed E-state index contributed by atoms with van der Waals surface area (Å²) in [6, 6.07) is 13.3. The first-order valence-corrected chi connectivity index (χ1v) is 7.31. The Bertz CT molecular complexity index is 863. The summed E-state index contributed by atoms with van der Waals surface area (Å²) in [4.78, 5) is 21.1. The van der Waals surface area contributed by atoms with Gasteiger partial charge in [0.25, 0.3) is 5.91 Å². The first kappa shape index (κ1) is 14.9. The van der Waals surface area contributed by atoms with E-state index in [0.717, 1.165) is 22.4 Å². The molecule has 0 aliphatic rings. The van der Waals surface area contributed by atoms with E-state index in [2.05, 4.69) is 20.5 Å². The van der Waals surface area contributed by atoms with Crippen molar-refractivity contribution >= 4 is 22.7 Å². The van der Waals surface area contributed by atoms with Crippen molar-refractivity contribution in [3.63, 3.8) is 0 Å². The molecule has 2 heterocycles. The van der Waals surface area contributed by atoms with Gasteiger partial charge in [-0.3, -0.25) is 9.78 Å². The van der Waals surface area contributed by atoms with E-state index in [0.29, 0.717) is 5.82 Å². The third-order valence-electron chi connectivity index (χ3n) is 3.25. The molecule has 0 radical (unpaired) electrons. The average molecular weight is 307 g/mol. The number of benzene rings is 1. The fraction of sp³-hybridized carbons (Fsp3) is 0.176. The van der Waals surface area contributed by atoms with E-state index >= 15 is 0 Å². The topological polar surface area (TPSA) is 72.2 Å². The van der Waals surface area contributed by atoms with Gasteiger partial charge in [0.15, 0.2) is 5.82 Å². The number of carbonyl (C=O) groups excluding carboxylic acids is 1. The summed E-state index contributed by atoms with van der Waals surface area (Å²) in [6.07, 6.45) is 1.71. The summed E-state index contributed by atoms with van der Waals surface area (Å²) in [7, 11) is 0. The van der Waals surface area contributed by atoms with E-state index in [1.807, 2.05) is 60.9 Å². The van der Waals surface area contributed by atoms with Gasteiger partial charge in [0.05, 0.1) is 11.0 Å². The quantitative estimate of drug-likeness (QED) is 0.595. The maximum absolute atomic E-state index is 12.2. The monoisotopic (exact) mass is 307 g/mol. The summed E-state index contributed by atoms with van der Waals surface area (Å²) in [6.45, 7) is 3.78. The number of imidazole rings is 1. The van der Waals surface area contributed by atoms with E-state index < -0.39 is 0 Å². The Morgan fingerprint density at radius 2 is 1.96 bits per heavy atom. The molecule has 6 nitrogen and oxygen atoms in total. The lowest BCUT2D eigenvalue weighted by Crippen LogP contribution is -2.24. The van der Waals surface area contributed by atoms with Gasteiger partial charge >= 0.3 is 0 Å². The van der Waals surface area contributed by atoms with Gasteiger partial charge in [0.2, 0.25) is 0 Å². The largest absolute Gasteiger partial charge is 0.313 e. The number of nitrogens with one attached hydrogen (secondary N) is 1. The van der Waals surface area contributed by atoms with Gasteiger partial charge in [0, 0.05) is 11.9 Å². The number of amides is 1. The summed E-state index contributed by atoms with van der Waals surface area (Å²) >= 11 is 0. The van der Waals surface area contributed by atoms with Crippen LogP contribution in [0.1, 0.15) is 13.8 Å². The van der Waals surface area contributed by atoms with Crippen molar-refractivity contribution in [1.29, 1.82) is 0 Å². The second kappa shape index (κ2) is 6.39. The molecular formula is C17H17N5O. The molecule has 23 heavy (non-hydrogen) atoms. The lowest BCUT2D eigenvalue weighted by Gasteiger charge is -2.08. The maximum atomic E-state index is 12.2. The first-order chi connectivity index (χ1) is 11.1. The Morgan fingerprint density at radius 1 is 1.17 bits per heavy atom.